The van der Waals surface area contributed by atoms with Gasteiger partial charge in [-0.05, 0) is 106 Å². The van der Waals surface area contributed by atoms with Crippen molar-refractivity contribution in [3.63, 3.8) is 0 Å². The second-order valence-electron chi connectivity index (χ2n) is 16.8. The summed E-state index contributed by atoms with van der Waals surface area (Å²) in [6, 6.07) is 42.4. The van der Waals surface area contributed by atoms with Crippen LogP contribution >= 0.6 is 46.4 Å². The molecule has 0 aliphatic rings. The zero-order valence-corrected chi connectivity index (χ0v) is 45.6. The van der Waals surface area contributed by atoms with Gasteiger partial charge < -0.3 is 31.9 Å². The van der Waals surface area contributed by atoms with E-state index in [1.54, 1.807) is 97.1 Å². The van der Waals surface area contributed by atoms with Crippen LogP contribution in [-0.4, -0.2) is 105 Å². The summed E-state index contributed by atoms with van der Waals surface area (Å²) >= 11 is 23.8. The van der Waals surface area contributed by atoms with Gasteiger partial charge in [0.2, 0.25) is 35.7 Å². The minimum atomic E-state index is -0.491. The Morgan fingerprint density at radius 2 is 0.537 bits per heavy atom. The fourth-order valence-corrected chi connectivity index (χ4v) is 7.14. The Morgan fingerprint density at radius 1 is 0.317 bits per heavy atom. The predicted molar refractivity (Wildman–Crippen MR) is 321 cm³/mol. The highest BCUT2D eigenvalue weighted by Crippen LogP contribution is 2.26. The molecule has 10 N–H and O–H groups in total. The molecule has 0 spiro atoms. The number of halogens is 4. The molecule has 0 unspecified atom stereocenters. The van der Waals surface area contributed by atoms with Gasteiger partial charge in [0.1, 0.15) is 0 Å². The van der Waals surface area contributed by atoms with E-state index in [2.05, 4.69) is 104 Å². The molecule has 0 bridgehead atoms. The molecule has 414 valence electrons. The Hall–Kier alpha value is -10.1. The van der Waals surface area contributed by atoms with Gasteiger partial charge in [-0.2, -0.15) is 50.3 Å². The lowest BCUT2D eigenvalue weighted by Gasteiger charge is -2.12. The van der Waals surface area contributed by atoms with Gasteiger partial charge in [-0.15, -0.1) is 0 Å². The zero-order chi connectivity index (χ0) is 57.5. The molecule has 24 nitrogen and oxygen atoms in total. The molecule has 8 aromatic rings. The topological polar surface area (TPSA) is 315 Å². The lowest BCUT2D eigenvalue weighted by Crippen LogP contribution is -2.28. The fraction of sp³-hybridized carbons (Fsp3) is 0.0741. The molecule has 2 aromatic heterocycles. The van der Waals surface area contributed by atoms with E-state index in [9.17, 15) is 19.2 Å². The second-order valence-corrected chi connectivity index (χ2v) is 18.6. The maximum absolute atomic E-state index is 12.7. The van der Waals surface area contributed by atoms with Crippen LogP contribution in [0.2, 0.25) is 20.1 Å². The lowest BCUT2D eigenvalue weighted by atomic mass is 10.1. The minimum Gasteiger partial charge on any atom is -0.345 e. The third-order valence-corrected chi connectivity index (χ3v) is 11.6. The molecular formula is C54H46Cl4N20O4. The molecule has 0 fully saturated rings. The molecule has 0 radical (unpaired) electrons. The number of anilines is 8. The van der Waals surface area contributed by atoms with E-state index < -0.39 is 23.6 Å². The molecule has 0 atom stereocenters. The van der Waals surface area contributed by atoms with Crippen LogP contribution in [0.15, 0.2) is 166 Å². The van der Waals surface area contributed by atoms with E-state index >= 15 is 0 Å². The number of hydrazone groups is 4. The van der Waals surface area contributed by atoms with Crippen LogP contribution in [0.5, 0.6) is 0 Å². The number of amides is 4. The molecule has 4 amide bonds. The number of carbonyl (C=O) groups excluding carboxylic acids is 4. The van der Waals surface area contributed by atoms with E-state index in [1.807, 2.05) is 48.5 Å². The molecule has 0 aliphatic heterocycles. The Balaban J connectivity index is 0.904. The van der Waals surface area contributed by atoms with Crippen LogP contribution in [0.1, 0.15) is 22.3 Å². The number of hydrogen-bond acceptors (Lipinski definition) is 20. The van der Waals surface area contributed by atoms with Gasteiger partial charge in [-0.3, -0.25) is 19.2 Å². The largest absolute Gasteiger partial charge is 0.345 e. The molecule has 82 heavy (non-hydrogen) atoms. The fourth-order valence-electron chi connectivity index (χ4n) is 6.64. The normalized spacial score (nSPS) is 11.1. The lowest BCUT2D eigenvalue weighted by molar-refractivity contribution is -0.120. The first-order chi connectivity index (χ1) is 39.8. The minimum absolute atomic E-state index is 0.0137. The monoisotopic (exact) mass is 1180 g/mol. The van der Waals surface area contributed by atoms with Crippen molar-refractivity contribution in [2.75, 3.05) is 58.1 Å². The van der Waals surface area contributed by atoms with Crippen LogP contribution in [0, 0.1) is 0 Å². The summed E-state index contributed by atoms with van der Waals surface area (Å²) in [5.74, 6) is -1.73. The van der Waals surface area contributed by atoms with Gasteiger partial charge in [0.05, 0.1) is 51.0 Å². The van der Waals surface area contributed by atoms with Gasteiger partial charge in [0.15, 0.2) is 0 Å². The number of hydrogen-bond donors (Lipinski definition) is 10. The average molecular weight is 1180 g/mol. The van der Waals surface area contributed by atoms with E-state index in [4.69, 9.17) is 46.4 Å². The molecule has 28 heteroatoms. The number of carbonyl (C=O) groups is 4. The van der Waals surface area contributed by atoms with Crippen molar-refractivity contribution in [1.82, 2.24) is 51.6 Å². The summed E-state index contributed by atoms with van der Waals surface area (Å²) in [6.45, 7) is -1.04. The number of nitrogens with zero attached hydrogens (tertiary/aromatic N) is 10. The third kappa shape index (κ3) is 19.6. The highest BCUT2D eigenvalue weighted by atomic mass is 35.5. The van der Waals surface area contributed by atoms with E-state index in [0.29, 0.717) is 31.5 Å². The summed E-state index contributed by atoms with van der Waals surface area (Å²) in [6.07, 6.45) is 5.88. The number of benzene rings is 6. The highest BCUT2D eigenvalue weighted by molar-refractivity contribution is 6.31. The molecule has 6 aromatic carbocycles. The van der Waals surface area contributed by atoms with Gasteiger partial charge in [-0.25, -0.2) is 21.7 Å². The van der Waals surface area contributed by atoms with Crippen molar-refractivity contribution in [2.24, 2.45) is 20.4 Å². The SMILES string of the molecule is O=C(CNc1nc(NCC(=O)N/N=C/c2ccc(Cl)cc2)nc(Nc2ccc(-c3ccc(Nc4nc(NCC(=O)N/N=C/c5ccc(Cl)cc5)nc(NCC(=O)N/N=C/c5ccc(Cl)cc5)n4)cc3)cc2)n1)N/N=C/c1ccc(Cl)cc1. The summed E-state index contributed by atoms with van der Waals surface area (Å²) in [5.41, 5.74) is 15.6. The standard InChI is InChI=1S/C54H46Cl4N20O4/c55-39-13-1-33(2-14-39)25-63-75-45(79)29-59-49-69-50(60-30-46(80)76-64-26-34-3-15-40(56)16-4-34)72-53(71-49)67-43-21-9-37(10-22-43)38-11-23-44(24-12-38)68-54-73-51(61-31-47(81)77-65-27-35-5-17-41(57)18-6-35)70-52(74-54)62-32-48(82)78-66-28-36-7-19-42(58)20-8-36/h1-28H,29-32H2,(H,75,79)(H,76,80)(H,77,81)(H,78,82)(H3,59,60,67,69,71,72)(H3,61,62,68,70,73,74)/b63-25+,64-26+,65-27+,66-28+. The first kappa shape index (κ1) is 58.0. The van der Waals surface area contributed by atoms with Crippen molar-refractivity contribution in [3.05, 3.63) is 188 Å². The number of nitrogens with one attached hydrogen (secondary N) is 10. The third-order valence-electron chi connectivity index (χ3n) is 10.6. The van der Waals surface area contributed by atoms with Crippen LogP contribution in [0.4, 0.5) is 47.1 Å². The molecule has 0 aliphatic carbocycles. The summed E-state index contributed by atoms with van der Waals surface area (Å²) in [7, 11) is 0. The van der Waals surface area contributed by atoms with Crippen molar-refractivity contribution < 1.29 is 19.2 Å². The Labute approximate surface area is 487 Å². The van der Waals surface area contributed by atoms with Crippen LogP contribution < -0.4 is 53.6 Å². The summed E-state index contributed by atoms with van der Waals surface area (Å²) in [5, 5.41) is 36.0. The molecular weight excluding hydrogens is 1130 g/mol. The smallest absolute Gasteiger partial charge is 0.259 e. The first-order valence-corrected chi connectivity index (χ1v) is 25.9. The molecule has 0 saturated carbocycles. The Morgan fingerprint density at radius 3 is 0.768 bits per heavy atom. The van der Waals surface area contributed by atoms with Crippen LogP contribution in [0.25, 0.3) is 11.1 Å². The second kappa shape index (κ2) is 29.7. The highest BCUT2D eigenvalue weighted by Gasteiger charge is 2.13. The quantitative estimate of drug-likeness (QED) is 0.0191. The van der Waals surface area contributed by atoms with Gasteiger partial charge in [0.25, 0.3) is 23.6 Å². The maximum atomic E-state index is 12.7. The van der Waals surface area contributed by atoms with Crippen molar-refractivity contribution in [3.8, 4) is 11.1 Å². The summed E-state index contributed by atoms with van der Waals surface area (Å²) < 4.78 is 0. The van der Waals surface area contributed by atoms with Gasteiger partial charge >= 0.3 is 0 Å². The summed E-state index contributed by atoms with van der Waals surface area (Å²) in [4.78, 5) is 77.2. The van der Waals surface area contributed by atoms with Crippen molar-refractivity contribution in [2.45, 2.75) is 0 Å². The Kier molecular flexibility index (Phi) is 21.0. The van der Waals surface area contributed by atoms with Crippen LogP contribution in [-0.2, 0) is 19.2 Å². The first-order valence-electron chi connectivity index (χ1n) is 24.3. The van der Waals surface area contributed by atoms with Gasteiger partial charge in [-0.1, -0.05) is 119 Å². The number of aromatic nitrogens is 6. The van der Waals surface area contributed by atoms with E-state index in [-0.39, 0.29) is 61.9 Å². The van der Waals surface area contributed by atoms with E-state index in [0.717, 1.165) is 33.4 Å². The average Bonchev–Trinajstić information content (AvgIpc) is 3.51. The molecule has 2 heterocycles. The van der Waals surface area contributed by atoms with Crippen molar-refractivity contribution in [1.29, 1.82) is 0 Å². The number of rotatable bonds is 25. The van der Waals surface area contributed by atoms with Crippen molar-refractivity contribution >= 4 is 142 Å². The van der Waals surface area contributed by atoms with E-state index in [1.165, 1.54) is 24.9 Å². The zero-order valence-electron chi connectivity index (χ0n) is 42.6. The predicted octanol–water partition coefficient (Wildman–Crippen LogP) is 8.07. The maximum Gasteiger partial charge on any atom is 0.259 e. The Bertz CT molecular complexity index is 3180. The molecule has 8 rings (SSSR count). The molecule has 0 saturated heterocycles. The van der Waals surface area contributed by atoms with Gasteiger partial charge in [0, 0.05) is 31.5 Å². The van der Waals surface area contributed by atoms with Crippen LogP contribution in [0.3, 0.4) is 0 Å².